The van der Waals surface area contributed by atoms with E-state index in [1.165, 1.54) is 38.2 Å². The van der Waals surface area contributed by atoms with E-state index in [1.807, 2.05) is 0 Å². The zero-order valence-corrected chi connectivity index (χ0v) is 18.1. The van der Waals surface area contributed by atoms with Gasteiger partial charge in [-0.15, -0.1) is 0 Å². The zero-order chi connectivity index (χ0) is 21.3. The molecule has 0 aliphatic carbocycles. The minimum absolute atomic E-state index is 0.0750. The highest BCUT2D eigenvalue weighted by molar-refractivity contribution is 5.76. The molecule has 0 atom stereocenters. The Balaban J connectivity index is 1.84. The molecule has 0 bridgehead atoms. The molecule has 2 rings (SSSR count). The number of carbonyl (C=O) groups is 1. The number of nitrogens with one attached hydrogen (secondary N) is 1. The number of hydrogen-bond acceptors (Lipinski definition) is 5. The summed E-state index contributed by atoms with van der Waals surface area (Å²) in [7, 11) is 1.75. The summed E-state index contributed by atoms with van der Waals surface area (Å²) in [4.78, 5) is 24.3. The summed E-state index contributed by atoms with van der Waals surface area (Å²) in [5.41, 5.74) is 0.662. The van der Waals surface area contributed by atoms with Crippen LogP contribution in [0.2, 0.25) is 0 Å². The van der Waals surface area contributed by atoms with Crippen LogP contribution in [0.15, 0.2) is 10.9 Å². The SMILES string of the molecule is CCCCCCCCCC1(CC(=O)NCc2c(O)c(=O)cc(C)n2C)OCCO1. The molecule has 0 unspecified atom stereocenters. The van der Waals surface area contributed by atoms with Gasteiger partial charge in [-0.2, -0.15) is 0 Å². The maximum absolute atomic E-state index is 12.5. The monoisotopic (exact) mass is 408 g/mol. The third-order valence-corrected chi connectivity index (χ3v) is 5.64. The molecule has 1 aromatic rings. The van der Waals surface area contributed by atoms with Gasteiger partial charge in [0.2, 0.25) is 11.3 Å². The fourth-order valence-corrected chi connectivity index (χ4v) is 3.74. The number of aromatic nitrogens is 1. The van der Waals surface area contributed by atoms with Gasteiger partial charge in [-0.3, -0.25) is 9.59 Å². The molecule has 0 aromatic carbocycles. The number of carbonyl (C=O) groups excluding carboxylic acids is 1. The topological polar surface area (TPSA) is 89.8 Å². The van der Waals surface area contributed by atoms with Gasteiger partial charge in [0.1, 0.15) is 0 Å². The molecular weight excluding hydrogens is 372 g/mol. The van der Waals surface area contributed by atoms with Crippen molar-refractivity contribution in [2.45, 2.75) is 84.0 Å². The Morgan fingerprint density at radius 2 is 1.79 bits per heavy atom. The standard InChI is InChI=1S/C22H36N2O5/c1-4-5-6-7-8-9-10-11-22(28-12-13-29-22)15-20(26)23-16-18-21(27)19(25)14-17(2)24(18)3/h14,27H,4-13,15-16H2,1-3H3,(H,23,26). The van der Waals surface area contributed by atoms with E-state index >= 15 is 0 Å². The molecule has 7 nitrogen and oxygen atoms in total. The highest BCUT2D eigenvalue weighted by Crippen LogP contribution is 2.30. The molecular formula is C22H36N2O5. The number of amides is 1. The number of aryl methyl sites for hydroxylation is 1. The second-order valence-electron chi connectivity index (χ2n) is 7.94. The van der Waals surface area contributed by atoms with Crippen LogP contribution in [-0.2, 0) is 27.9 Å². The van der Waals surface area contributed by atoms with Crippen LogP contribution in [0.5, 0.6) is 5.75 Å². The highest BCUT2D eigenvalue weighted by Gasteiger charge is 2.38. The van der Waals surface area contributed by atoms with Gasteiger partial charge in [0, 0.05) is 25.2 Å². The van der Waals surface area contributed by atoms with Crippen molar-refractivity contribution in [2.75, 3.05) is 13.2 Å². The van der Waals surface area contributed by atoms with Gasteiger partial charge in [0.25, 0.3) is 0 Å². The molecule has 1 aliphatic heterocycles. The number of nitrogens with zero attached hydrogens (tertiary/aromatic N) is 1. The van der Waals surface area contributed by atoms with Gasteiger partial charge in [-0.1, -0.05) is 45.4 Å². The lowest BCUT2D eigenvalue weighted by Gasteiger charge is -2.27. The lowest BCUT2D eigenvalue weighted by atomic mass is 10.0. The minimum Gasteiger partial charge on any atom is -0.503 e. The summed E-state index contributed by atoms with van der Waals surface area (Å²) in [6.07, 6.45) is 9.15. The Bertz CT molecular complexity index is 723. The Kier molecular flexibility index (Phi) is 9.17. The van der Waals surface area contributed by atoms with Crippen LogP contribution in [0.1, 0.15) is 76.1 Å². The number of hydrogen-bond donors (Lipinski definition) is 2. The molecule has 1 aromatic heterocycles. The second-order valence-corrected chi connectivity index (χ2v) is 7.94. The molecule has 0 spiro atoms. The summed E-state index contributed by atoms with van der Waals surface area (Å²) in [5, 5.41) is 12.8. The molecule has 7 heteroatoms. The van der Waals surface area contributed by atoms with Crippen molar-refractivity contribution in [3.05, 3.63) is 27.7 Å². The van der Waals surface area contributed by atoms with Gasteiger partial charge in [-0.25, -0.2) is 0 Å². The molecule has 0 saturated carbocycles. The second kappa shape index (κ2) is 11.4. The third kappa shape index (κ3) is 6.85. The van der Waals surface area contributed by atoms with Gasteiger partial charge in [0.15, 0.2) is 11.5 Å². The smallest absolute Gasteiger partial charge is 0.225 e. The first kappa shape index (κ1) is 23.4. The van der Waals surface area contributed by atoms with E-state index in [4.69, 9.17) is 9.47 Å². The van der Waals surface area contributed by atoms with Crippen molar-refractivity contribution in [3.8, 4) is 5.75 Å². The molecule has 2 heterocycles. The van der Waals surface area contributed by atoms with E-state index < -0.39 is 11.2 Å². The van der Waals surface area contributed by atoms with Crippen molar-refractivity contribution < 1.29 is 19.4 Å². The minimum atomic E-state index is -0.853. The van der Waals surface area contributed by atoms with Crippen LogP contribution in [0.4, 0.5) is 0 Å². The number of ether oxygens (including phenoxy) is 2. The quantitative estimate of drug-likeness (QED) is 0.518. The number of pyridine rings is 1. The van der Waals surface area contributed by atoms with Crippen molar-refractivity contribution in [1.82, 2.24) is 9.88 Å². The van der Waals surface area contributed by atoms with Gasteiger partial charge >= 0.3 is 0 Å². The van der Waals surface area contributed by atoms with Crippen molar-refractivity contribution in [1.29, 1.82) is 0 Å². The first-order chi connectivity index (χ1) is 13.9. The summed E-state index contributed by atoms with van der Waals surface area (Å²) < 4.78 is 13.3. The van der Waals surface area contributed by atoms with E-state index in [9.17, 15) is 14.7 Å². The van der Waals surface area contributed by atoms with Crippen LogP contribution >= 0.6 is 0 Å². The summed E-state index contributed by atoms with van der Waals surface area (Å²) in [6.45, 7) is 5.06. The summed E-state index contributed by atoms with van der Waals surface area (Å²) >= 11 is 0. The van der Waals surface area contributed by atoms with E-state index in [0.29, 0.717) is 25.3 Å². The largest absolute Gasteiger partial charge is 0.503 e. The molecule has 1 amide bonds. The number of rotatable bonds is 12. The van der Waals surface area contributed by atoms with Crippen molar-refractivity contribution in [2.24, 2.45) is 7.05 Å². The average Bonchev–Trinajstić information content (AvgIpc) is 3.14. The first-order valence-electron chi connectivity index (χ1n) is 10.8. The van der Waals surface area contributed by atoms with Crippen LogP contribution < -0.4 is 10.7 Å². The maximum Gasteiger partial charge on any atom is 0.225 e. The summed E-state index contributed by atoms with van der Waals surface area (Å²) in [5.74, 6) is -1.40. The predicted octanol–water partition coefficient (Wildman–Crippen LogP) is 3.29. The maximum atomic E-state index is 12.5. The first-order valence-corrected chi connectivity index (χ1v) is 10.8. The van der Waals surface area contributed by atoms with E-state index in [1.54, 1.807) is 18.5 Å². The van der Waals surface area contributed by atoms with Crippen LogP contribution in [0, 0.1) is 6.92 Å². The average molecular weight is 409 g/mol. The van der Waals surface area contributed by atoms with Crippen molar-refractivity contribution in [3.63, 3.8) is 0 Å². The van der Waals surface area contributed by atoms with E-state index in [0.717, 1.165) is 18.5 Å². The highest BCUT2D eigenvalue weighted by atomic mass is 16.7. The van der Waals surface area contributed by atoms with Crippen LogP contribution in [0.3, 0.4) is 0 Å². The Hall–Kier alpha value is -1.86. The molecule has 0 radical (unpaired) electrons. The van der Waals surface area contributed by atoms with Gasteiger partial charge in [0.05, 0.1) is 31.9 Å². The fraction of sp³-hybridized carbons (Fsp3) is 0.727. The van der Waals surface area contributed by atoms with Gasteiger partial charge in [-0.05, 0) is 13.3 Å². The fourth-order valence-electron chi connectivity index (χ4n) is 3.74. The van der Waals surface area contributed by atoms with Gasteiger partial charge < -0.3 is 24.5 Å². The molecule has 2 N–H and O–H groups in total. The zero-order valence-electron chi connectivity index (χ0n) is 18.1. The van der Waals surface area contributed by atoms with E-state index in [-0.39, 0.29) is 24.6 Å². The molecule has 164 valence electrons. The predicted molar refractivity (Wildman–Crippen MR) is 112 cm³/mol. The number of unbranched alkanes of at least 4 members (excludes halogenated alkanes) is 6. The van der Waals surface area contributed by atoms with Crippen LogP contribution in [0.25, 0.3) is 0 Å². The molecule has 1 fully saturated rings. The van der Waals surface area contributed by atoms with Crippen LogP contribution in [-0.4, -0.2) is 34.6 Å². The Morgan fingerprint density at radius 3 is 2.45 bits per heavy atom. The van der Waals surface area contributed by atoms with E-state index in [2.05, 4.69) is 12.2 Å². The molecule has 29 heavy (non-hydrogen) atoms. The Labute approximate surface area is 173 Å². The number of aromatic hydroxyl groups is 1. The van der Waals surface area contributed by atoms with Crippen molar-refractivity contribution >= 4 is 5.91 Å². The lowest BCUT2D eigenvalue weighted by Crippen LogP contribution is -2.38. The lowest BCUT2D eigenvalue weighted by molar-refractivity contribution is -0.174. The molecule has 1 saturated heterocycles. The normalized spacial score (nSPS) is 15.6. The summed E-state index contributed by atoms with van der Waals surface area (Å²) in [6, 6.07) is 1.37. The molecule has 1 aliphatic rings. The third-order valence-electron chi connectivity index (χ3n) is 5.64. The Morgan fingerprint density at radius 1 is 1.17 bits per heavy atom.